The molecule has 0 aliphatic heterocycles. The summed E-state index contributed by atoms with van der Waals surface area (Å²) in [7, 11) is 0. The van der Waals surface area contributed by atoms with Crippen molar-refractivity contribution in [1.82, 2.24) is 10.6 Å². The molecule has 1 aliphatic carbocycles. The van der Waals surface area contributed by atoms with Gasteiger partial charge in [0.25, 0.3) is 0 Å². The average Bonchev–Trinajstić information content (AvgIpc) is 2.34. The fourth-order valence-corrected chi connectivity index (χ4v) is 2.47. The minimum Gasteiger partial charge on any atom is -0.480 e. The summed E-state index contributed by atoms with van der Waals surface area (Å²) in [5.41, 5.74) is 0. The number of amides is 2. The summed E-state index contributed by atoms with van der Waals surface area (Å²) < 4.78 is 0. The predicted octanol–water partition coefficient (Wildman–Crippen LogP) is 1.98. The number of hydrogen-bond acceptors (Lipinski definition) is 2. The fourth-order valence-electron chi connectivity index (χ4n) is 2.47. The van der Waals surface area contributed by atoms with Crippen molar-refractivity contribution < 1.29 is 14.7 Å². The molecule has 3 unspecified atom stereocenters. The van der Waals surface area contributed by atoms with E-state index in [-0.39, 0.29) is 6.03 Å². The van der Waals surface area contributed by atoms with Gasteiger partial charge < -0.3 is 15.7 Å². The molecule has 3 N–H and O–H groups in total. The lowest BCUT2D eigenvalue weighted by Gasteiger charge is -2.29. The minimum absolute atomic E-state index is 0.373. The third kappa shape index (κ3) is 4.55. The van der Waals surface area contributed by atoms with Gasteiger partial charge in [-0.3, -0.25) is 0 Å². The molecule has 104 valence electrons. The van der Waals surface area contributed by atoms with Crippen molar-refractivity contribution >= 4 is 12.0 Å². The second-order valence-corrected chi connectivity index (χ2v) is 5.18. The molecule has 5 heteroatoms. The number of hydrogen-bond donors (Lipinski definition) is 3. The SMILES string of the molecule is CCC(NC(=O)NCC1CCCCC1C)C(=O)O. The second-order valence-electron chi connectivity index (χ2n) is 5.18. The second kappa shape index (κ2) is 7.24. The number of carbonyl (C=O) groups is 2. The van der Waals surface area contributed by atoms with Crippen molar-refractivity contribution in [3.63, 3.8) is 0 Å². The number of urea groups is 1. The monoisotopic (exact) mass is 256 g/mol. The maximum atomic E-state index is 11.6. The Bertz CT molecular complexity index is 294. The topological polar surface area (TPSA) is 78.4 Å². The summed E-state index contributed by atoms with van der Waals surface area (Å²) in [5.74, 6) is 0.175. The standard InChI is InChI=1S/C13H24N2O3/c1-3-11(12(16)17)15-13(18)14-8-10-7-5-4-6-9(10)2/h9-11H,3-8H2,1-2H3,(H,16,17)(H2,14,15,18). The molecular formula is C13H24N2O3. The van der Waals surface area contributed by atoms with Gasteiger partial charge >= 0.3 is 12.0 Å². The van der Waals surface area contributed by atoms with Gasteiger partial charge in [-0.1, -0.05) is 33.1 Å². The lowest BCUT2D eigenvalue weighted by atomic mass is 9.80. The molecule has 18 heavy (non-hydrogen) atoms. The van der Waals surface area contributed by atoms with E-state index in [1.807, 2.05) is 0 Å². The predicted molar refractivity (Wildman–Crippen MR) is 69.4 cm³/mol. The van der Waals surface area contributed by atoms with Gasteiger partial charge in [0.2, 0.25) is 0 Å². The summed E-state index contributed by atoms with van der Waals surface area (Å²) in [5, 5.41) is 14.1. The molecule has 5 nitrogen and oxygen atoms in total. The molecule has 0 aromatic carbocycles. The van der Waals surface area contributed by atoms with Crippen LogP contribution in [0.1, 0.15) is 46.0 Å². The first-order valence-electron chi connectivity index (χ1n) is 6.81. The molecule has 3 atom stereocenters. The van der Waals surface area contributed by atoms with E-state index >= 15 is 0 Å². The van der Waals surface area contributed by atoms with Crippen LogP contribution >= 0.6 is 0 Å². The summed E-state index contributed by atoms with van der Waals surface area (Å²) in [6.45, 7) is 4.60. The number of aliphatic carboxylic acids is 1. The van der Waals surface area contributed by atoms with E-state index < -0.39 is 12.0 Å². The zero-order chi connectivity index (χ0) is 13.5. The maximum absolute atomic E-state index is 11.6. The summed E-state index contributed by atoms with van der Waals surface area (Å²) in [6.07, 6.45) is 5.27. The fraction of sp³-hybridized carbons (Fsp3) is 0.846. The third-order valence-electron chi connectivity index (χ3n) is 3.83. The van der Waals surface area contributed by atoms with E-state index in [1.54, 1.807) is 6.92 Å². The summed E-state index contributed by atoms with van der Waals surface area (Å²) in [4.78, 5) is 22.4. The Labute approximate surface area is 108 Å². The van der Waals surface area contributed by atoms with Gasteiger partial charge in [-0.25, -0.2) is 9.59 Å². The van der Waals surface area contributed by atoms with Crippen molar-refractivity contribution in [2.45, 2.75) is 52.0 Å². The van der Waals surface area contributed by atoms with E-state index in [9.17, 15) is 9.59 Å². The highest BCUT2D eigenvalue weighted by Gasteiger charge is 2.22. The Morgan fingerprint density at radius 1 is 1.33 bits per heavy atom. The molecule has 1 rings (SSSR count). The van der Waals surface area contributed by atoms with E-state index in [2.05, 4.69) is 17.6 Å². The van der Waals surface area contributed by atoms with Gasteiger partial charge in [-0.2, -0.15) is 0 Å². The summed E-state index contributed by atoms with van der Waals surface area (Å²) in [6, 6.07) is -1.17. The van der Waals surface area contributed by atoms with E-state index in [0.29, 0.717) is 24.8 Å². The molecule has 1 saturated carbocycles. The molecular weight excluding hydrogens is 232 g/mol. The Balaban J connectivity index is 2.29. The van der Waals surface area contributed by atoms with Gasteiger partial charge in [-0.05, 0) is 24.7 Å². The van der Waals surface area contributed by atoms with Crippen LogP contribution in [0.25, 0.3) is 0 Å². The molecule has 0 heterocycles. The lowest BCUT2D eigenvalue weighted by molar-refractivity contribution is -0.139. The van der Waals surface area contributed by atoms with Crippen LogP contribution < -0.4 is 10.6 Å². The molecule has 1 aliphatic rings. The molecule has 0 aromatic rings. The Hall–Kier alpha value is -1.26. The van der Waals surface area contributed by atoms with Crippen LogP contribution in [-0.4, -0.2) is 29.7 Å². The van der Waals surface area contributed by atoms with Gasteiger partial charge in [0.15, 0.2) is 0 Å². The highest BCUT2D eigenvalue weighted by molar-refractivity contribution is 5.82. The van der Waals surface area contributed by atoms with Crippen LogP contribution in [0, 0.1) is 11.8 Å². The highest BCUT2D eigenvalue weighted by Crippen LogP contribution is 2.28. The lowest BCUT2D eigenvalue weighted by Crippen LogP contribution is -2.47. The number of carbonyl (C=O) groups excluding carboxylic acids is 1. The van der Waals surface area contributed by atoms with Crippen LogP contribution in [0.3, 0.4) is 0 Å². The first kappa shape index (κ1) is 14.8. The van der Waals surface area contributed by atoms with Gasteiger partial charge in [-0.15, -0.1) is 0 Å². The third-order valence-corrected chi connectivity index (χ3v) is 3.83. The largest absolute Gasteiger partial charge is 0.480 e. The normalized spacial score (nSPS) is 25.2. The number of rotatable bonds is 5. The molecule has 2 amide bonds. The number of carboxylic acid groups (broad SMARTS) is 1. The maximum Gasteiger partial charge on any atom is 0.326 e. The number of carboxylic acids is 1. The van der Waals surface area contributed by atoms with Crippen molar-refractivity contribution in [2.75, 3.05) is 6.54 Å². The quantitative estimate of drug-likeness (QED) is 0.703. The minimum atomic E-state index is -0.987. The summed E-state index contributed by atoms with van der Waals surface area (Å²) >= 11 is 0. The zero-order valence-electron chi connectivity index (χ0n) is 11.2. The first-order chi connectivity index (χ1) is 8.54. The smallest absolute Gasteiger partial charge is 0.326 e. The van der Waals surface area contributed by atoms with E-state index in [0.717, 1.165) is 6.42 Å². The van der Waals surface area contributed by atoms with E-state index in [1.165, 1.54) is 19.3 Å². The van der Waals surface area contributed by atoms with Crippen molar-refractivity contribution in [1.29, 1.82) is 0 Å². The molecule has 0 bridgehead atoms. The van der Waals surface area contributed by atoms with Crippen molar-refractivity contribution in [3.05, 3.63) is 0 Å². The van der Waals surface area contributed by atoms with Gasteiger partial charge in [0, 0.05) is 6.54 Å². The van der Waals surface area contributed by atoms with E-state index in [4.69, 9.17) is 5.11 Å². The Kier molecular flexibility index (Phi) is 5.95. The van der Waals surface area contributed by atoms with Crippen LogP contribution in [0.15, 0.2) is 0 Å². The molecule has 0 saturated heterocycles. The Morgan fingerprint density at radius 3 is 2.56 bits per heavy atom. The molecule has 1 fully saturated rings. The first-order valence-corrected chi connectivity index (χ1v) is 6.81. The molecule has 0 aromatic heterocycles. The van der Waals surface area contributed by atoms with Crippen LogP contribution in [0.2, 0.25) is 0 Å². The number of nitrogens with one attached hydrogen (secondary N) is 2. The highest BCUT2D eigenvalue weighted by atomic mass is 16.4. The van der Waals surface area contributed by atoms with Crippen LogP contribution in [0.5, 0.6) is 0 Å². The van der Waals surface area contributed by atoms with Gasteiger partial charge in [0.05, 0.1) is 0 Å². The van der Waals surface area contributed by atoms with Crippen molar-refractivity contribution in [3.8, 4) is 0 Å². The molecule has 0 radical (unpaired) electrons. The average molecular weight is 256 g/mol. The zero-order valence-corrected chi connectivity index (χ0v) is 11.2. The van der Waals surface area contributed by atoms with Gasteiger partial charge in [0.1, 0.15) is 6.04 Å². The molecule has 0 spiro atoms. The van der Waals surface area contributed by atoms with Crippen LogP contribution in [-0.2, 0) is 4.79 Å². The van der Waals surface area contributed by atoms with Crippen molar-refractivity contribution in [2.24, 2.45) is 11.8 Å². The van der Waals surface area contributed by atoms with Crippen LogP contribution in [0.4, 0.5) is 4.79 Å². The Morgan fingerprint density at radius 2 is 2.00 bits per heavy atom.